The van der Waals surface area contributed by atoms with Crippen molar-refractivity contribution in [1.29, 1.82) is 0 Å². The summed E-state index contributed by atoms with van der Waals surface area (Å²) in [6, 6.07) is 6.95. The van der Waals surface area contributed by atoms with Gasteiger partial charge in [0.05, 0.1) is 11.1 Å². The lowest BCUT2D eigenvalue weighted by atomic mass is 10.1. The number of hydrogen-bond donors (Lipinski definition) is 1. The van der Waals surface area contributed by atoms with E-state index < -0.39 is 34.7 Å². The molecule has 6 nitrogen and oxygen atoms in total. The van der Waals surface area contributed by atoms with Crippen molar-refractivity contribution in [1.82, 2.24) is 9.88 Å². The van der Waals surface area contributed by atoms with Gasteiger partial charge in [0.15, 0.2) is 23.0 Å². The number of piperazine rings is 1. The minimum atomic E-state index is -1.65. The van der Waals surface area contributed by atoms with E-state index in [1.807, 2.05) is 11.0 Å². The highest BCUT2D eigenvalue weighted by atomic mass is 19.2. The van der Waals surface area contributed by atoms with Gasteiger partial charge in [-0.25, -0.2) is 18.0 Å². The number of fused-ring (bicyclic) bond motifs is 1. The predicted octanol–water partition coefficient (Wildman–Crippen LogP) is 2.50. The Balaban J connectivity index is 1.48. The number of aromatic nitrogens is 1. The van der Waals surface area contributed by atoms with Gasteiger partial charge in [-0.15, -0.1) is 0 Å². The smallest absolute Gasteiger partial charge is 0.408 e. The SMILES string of the molecule is O=C(c1ccc(F)c(F)c1F)N1CCN(c2ccc3[nH]c(=O)oc3c2)CC1. The van der Waals surface area contributed by atoms with Crippen LogP contribution in [-0.4, -0.2) is 42.0 Å². The van der Waals surface area contributed by atoms with E-state index in [2.05, 4.69) is 4.98 Å². The summed E-state index contributed by atoms with van der Waals surface area (Å²) < 4.78 is 45.3. The third-order valence-electron chi connectivity index (χ3n) is 4.60. The lowest BCUT2D eigenvalue weighted by Gasteiger charge is -2.36. The molecule has 0 saturated carbocycles. The van der Waals surface area contributed by atoms with E-state index in [1.54, 1.807) is 12.1 Å². The molecule has 3 aromatic rings. The Hall–Kier alpha value is -3.23. The zero-order valence-corrected chi connectivity index (χ0v) is 14.0. The molecule has 140 valence electrons. The van der Waals surface area contributed by atoms with Gasteiger partial charge in [0.25, 0.3) is 5.91 Å². The van der Waals surface area contributed by atoms with E-state index in [9.17, 15) is 22.8 Å². The topological polar surface area (TPSA) is 69.6 Å². The summed E-state index contributed by atoms with van der Waals surface area (Å²) in [7, 11) is 0. The predicted molar refractivity (Wildman–Crippen MR) is 91.3 cm³/mol. The van der Waals surface area contributed by atoms with Crippen LogP contribution in [0.2, 0.25) is 0 Å². The Morgan fingerprint density at radius 3 is 2.48 bits per heavy atom. The molecular weight excluding hydrogens is 363 g/mol. The fourth-order valence-electron chi connectivity index (χ4n) is 3.16. The van der Waals surface area contributed by atoms with Gasteiger partial charge in [-0.3, -0.25) is 9.78 Å². The van der Waals surface area contributed by atoms with Crippen molar-refractivity contribution in [2.45, 2.75) is 0 Å². The maximum absolute atomic E-state index is 13.8. The normalized spacial score (nSPS) is 14.8. The molecule has 2 aromatic carbocycles. The summed E-state index contributed by atoms with van der Waals surface area (Å²) in [4.78, 5) is 29.6. The van der Waals surface area contributed by atoms with Crippen LogP contribution in [0.5, 0.6) is 0 Å². The molecule has 0 spiro atoms. The molecule has 9 heteroatoms. The third-order valence-corrected chi connectivity index (χ3v) is 4.60. The van der Waals surface area contributed by atoms with Crippen molar-refractivity contribution in [2.75, 3.05) is 31.1 Å². The molecule has 0 radical (unpaired) electrons. The van der Waals surface area contributed by atoms with Crippen LogP contribution in [0.4, 0.5) is 18.9 Å². The standard InChI is InChI=1S/C18H14F3N3O3/c19-12-3-2-11(15(20)16(12)21)17(25)24-7-5-23(6-8-24)10-1-4-13-14(9-10)27-18(26)22-13/h1-4,9H,5-8H2,(H,22,26). The van der Waals surface area contributed by atoms with E-state index in [-0.39, 0.29) is 13.1 Å². The number of halogens is 3. The first-order valence-corrected chi connectivity index (χ1v) is 8.24. The Labute approximate surface area is 150 Å². The number of rotatable bonds is 2. The molecule has 4 rings (SSSR count). The summed E-state index contributed by atoms with van der Waals surface area (Å²) >= 11 is 0. The lowest BCUT2D eigenvalue weighted by Crippen LogP contribution is -2.49. The molecule has 1 N–H and O–H groups in total. The maximum atomic E-state index is 13.8. The van der Waals surface area contributed by atoms with Gasteiger partial charge in [-0.2, -0.15) is 0 Å². The fourth-order valence-corrected chi connectivity index (χ4v) is 3.16. The first kappa shape index (κ1) is 17.2. The average Bonchev–Trinajstić information content (AvgIpc) is 3.05. The van der Waals surface area contributed by atoms with Crippen LogP contribution in [0.15, 0.2) is 39.5 Å². The summed E-state index contributed by atoms with van der Waals surface area (Å²) in [5.74, 6) is -5.68. The lowest BCUT2D eigenvalue weighted by molar-refractivity contribution is 0.0740. The molecule has 2 heterocycles. The zero-order chi connectivity index (χ0) is 19.1. The molecule has 0 bridgehead atoms. The zero-order valence-electron chi connectivity index (χ0n) is 14.0. The summed E-state index contributed by atoms with van der Waals surface area (Å²) in [5, 5.41) is 0. The molecule has 27 heavy (non-hydrogen) atoms. The summed E-state index contributed by atoms with van der Waals surface area (Å²) in [5.41, 5.74) is 1.35. The Morgan fingerprint density at radius 1 is 1.00 bits per heavy atom. The molecular formula is C18H14F3N3O3. The van der Waals surface area contributed by atoms with Gasteiger partial charge in [0.2, 0.25) is 0 Å². The van der Waals surface area contributed by atoms with Crippen molar-refractivity contribution >= 4 is 22.7 Å². The number of carbonyl (C=O) groups is 1. The number of benzene rings is 2. The van der Waals surface area contributed by atoms with Gasteiger partial charge >= 0.3 is 5.76 Å². The number of hydrogen-bond acceptors (Lipinski definition) is 4. The minimum Gasteiger partial charge on any atom is -0.408 e. The number of oxazole rings is 1. The monoisotopic (exact) mass is 377 g/mol. The highest BCUT2D eigenvalue weighted by Crippen LogP contribution is 2.23. The maximum Gasteiger partial charge on any atom is 0.417 e. The molecule has 0 aliphatic carbocycles. The summed E-state index contributed by atoms with van der Waals surface area (Å²) in [6.07, 6.45) is 0. The van der Waals surface area contributed by atoms with Crippen LogP contribution in [0.1, 0.15) is 10.4 Å². The van der Waals surface area contributed by atoms with E-state index in [0.717, 1.165) is 17.8 Å². The first-order valence-electron chi connectivity index (χ1n) is 8.24. The molecule has 1 aromatic heterocycles. The van der Waals surface area contributed by atoms with Gasteiger partial charge in [-0.1, -0.05) is 0 Å². The largest absolute Gasteiger partial charge is 0.417 e. The van der Waals surface area contributed by atoms with Gasteiger partial charge in [0, 0.05) is 37.9 Å². The second-order valence-electron chi connectivity index (χ2n) is 6.20. The molecule has 0 unspecified atom stereocenters. The second kappa shape index (κ2) is 6.49. The molecule has 0 atom stereocenters. The Morgan fingerprint density at radius 2 is 1.74 bits per heavy atom. The van der Waals surface area contributed by atoms with Crippen LogP contribution in [-0.2, 0) is 0 Å². The summed E-state index contributed by atoms with van der Waals surface area (Å²) in [6.45, 7) is 1.48. The van der Waals surface area contributed by atoms with Crippen molar-refractivity contribution < 1.29 is 22.4 Å². The van der Waals surface area contributed by atoms with Crippen LogP contribution < -0.4 is 10.7 Å². The van der Waals surface area contributed by atoms with Crippen LogP contribution in [0.25, 0.3) is 11.1 Å². The first-order chi connectivity index (χ1) is 12.9. The average molecular weight is 377 g/mol. The number of carbonyl (C=O) groups excluding carboxylic acids is 1. The number of nitrogens with zero attached hydrogens (tertiary/aromatic N) is 2. The minimum absolute atomic E-state index is 0.284. The molecule has 1 aliphatic heterocycles. The number of amides is 1. The van der Waals surface area contributed by atoms with Gasteiger partial charge in [0.1, 0.15) is 0 Å². The molecule has 1 aliphatic rings. The van der Waals surface area contributed by atoms with E-state index in [1.165, 1.54) is 4.90 Å². The molecule has 1 saturated heterocycles. The van der Waals surface area contributed by atoms with Crippen molar-refractivity contribution in [3.8, 4) is 0 Å². The number of nitrogens with one attached hydrogen (secondary N) is 1. The molecule has 1 amide bonds. The second-order valence-corrected chi connectivity index (χ2v) is 6.20. The van der Waals surface area contributed by atoms with Crippen molar-refractivity contribution in [3.63, 3.8) is 0 Å². The Bertz CT molecular complexity index is 1080. The highest BCUT2D eigenvalue weighted by Gasteiger charge is 2.26. The van der Waals surface area contributed by atoms with Crippen molar-refractivity contribution in [2.24, 2.45) is 0 Å². The van der Waals surface area contributed by atoms with Crippen molar-refractivity contribution in [3.05, 3.63) is 63.9 Å². The number of aromatic amines is 1. The van der Waals surface area contributed by atoms with E-state index in [4.69, 9.17) is 4.42 Å². The van der Waals surface area contributed by atoms with Gasteiger partial charge < -0.3 is 14.2 Å². The van der Waals surface area contributed by atoms with Crippen LogP contribution in [0, 0.1) is 17.5 Å². The third kappa shape index (κ3) is 3.05. The van der Waals surface area contributed by atoms with E-state index >= 15 is 0 Å². The van der Waals surface area contributed by atoms with Crippen LogP contribution in [0.3, 0.4) is 0 Å². The fraction of sp³-hybridized carbons (Fsp3) is 0.222. The quantitative estimate of drug-likeness (QED) is 0.697. The number of H-pyrrole nitrogens is 1. The van der Waals surface area contributed by atoms with Crippen LogP contribution >= 0.6 is 0 Å². The van der Waals surface area contributed by atoms with E-state index in [0.29, 0.717) is 24.2 Å². The Kier molecular flexibility index (Phi) is 4.14. The highest BCUT2D eigenvalue weighted by molar-refractivity contribution is 5.94. The molecule has 1 fully saturated rings. The van der Waals surface area contributed by atoms with Gasteiger partial charge in [-0.05, 0) is 24.3 Å². The number of anilines is 1.